The van der Waals surface area contributed by atoms with Gasteiger partial charge >= 0.3 is 0 Å². The highest BCUT2D eigenvalue weighted by Crippen LogP contribution is 2.01. The third-order valence-corrected chi connectivity index (χ3v) is 5.72. The molecular formula is C10H18O2Si2. The van der Waals surface area contributed by atoms with Gasteiger partial charge in [-0.15, -0.1) is 0 Å². The molecule has 0 spiro atoms. The Morgan fingerprint density at radius 3 is 1.50 bits per heavy atom. The Morgan fingerprint density at radius 2 is 1.21 bits per heavy atom. The van der Waals surface area contributed by atoms with Gasteiger partial charge in [0.1, 0.15) is 0 Å². The van der Waals surface area contributed by atoms with Gasteiger partial charge in [-0.05, 0) is 36.6 Å². The lowest BCUT2D eigenvalue weighted by molar-refractivity contribution is 0.567. The molecule has 78 valence electrons. The summed E-state index contributed by atoms with van der Waals surface area (Å²) in [6.45, 7) is 7.55. The van der Waals surface area contributed by atoms with E-state index < -0.39 is 16.6 Å². The van der Waals surface area contributed by atoms with Crippen LogP contribution in [0.5, 0.6) is 0 Å². The first kappa shape index (κ1) is 11.6. The molecule has 0 amide bonds. The fourth-order valence-electron chi connectivity index (χ4n) is 1.28. The van der Waals surface area contributed by atoms with Crippen molar-refractivity contribution >= 4 is 27.0 Å². The summed E-state index contributed by atoms with van der Waals surface area (Å²) < 4.78 is 0. The first-order valence-corrected chi connectivity index (χ1v) is 10.7. The summed E-state index contributed by atoms with van der Waals surface area (Å²) in [7, 11) is -4.46. The van der Waals surface area contributed by atoms with Crippen molar-refractivity contribution in [1.82, 2.24) is 0 Å². The van der Waals surface area contributed by atoms with Crippen molar-refractivity contribution in [3.8, 4) is 0 Å². The quantitative estimate of drug-likeness (QED) is 0.721. The second-order valence-corrected chi connectivity index (χ2v) is 12.1. The Balaban J connectivity index is 3.15. The van der Waals surface area contributed by atoms with Gasteiger partial charge in [-0.3, -0.25) is 0 Å². The van der Waals surface area contributed by atoms with Gasteiger partial charge < -0.3 is 9.59 Å². The van der Waals surface area contributed by atoms with Crippen molar-refractivity contribution < 1.29 is 9.59 Å². The fourth-order valence-corrected chi connectivity index (χ4v) is 3.45. The third kappa shape index (κ3) is 2.78. The van der Waals surface area contributed by atoms with Gasteiger partial charge in [-0.25, -0.2) is 0 Å². The number of hydrogen-bond acceptors (Lipinski definition) is 2. The molecule has 2 N–H and O–H groups in total. The normalized spacial score (nSPS) is 13.0. The second kappa shape index (κ2) is 3.62. The minimum absolute atomic E-state index is 0.990. The maximum absolute atomic E-state index is 9.95. The molecular weight excluding hydrogens is 208 g/mol. The van der Waals surface area contributed by atoms with Gasteiger partial charge in [0, 0.05) is 0 Å². The molecule has 0 radical (unpaired) electrons. The zero-order chi connectivity index (χ0) is 11.0. The van der Waals surface area contributed by atoms with Gasteiger partial charge in [0.25, 0.3) is 0 Å². The van der Waals surface area contributed by atoms with Crippen molar-refractivity contribution in [2.45, 2.75) is 26.2 Å². The number of benzene rings is 1. The molecule has 1 aromatic carbocycles. The van der Waals surface area contributed by atoms with E-state index >= 15 is 0 Å². The third-order valence-electron chi connectivity index (χ3n) is 2.28. The Morgan fingerprint density at radius 1 is 0.857 bits per heavy atom. The van der Waals surface area contributed by atoms with Crippen LogP contribution in [0.15, 0.2) is 24.3 Å². The zero-order valence-corrected chi connectivity index (χ0v) is 11.2. The van der Waals surface area contributed by atoms with E-state index in [4.69, 9.17) is 0 Å². The second-order valence-electron chi connectivity index (χ2n) is 4.70. The predicted octanol–water partition coefficient (Wildman–Crippen LogP) is 0.495. The first-order valence-electron chi connectivity index (χ1n) is 4.77. The van der Waals surface area contributed by atoms with Crippen LogP contribution < -0.4 is 10.4 Å². The average Bonchev–Trinajstić information content (AvgIpc) is 2.01. The van der Waals surface area contributed by atoms with Gasteiger partial charge in [0.2, 0.25) is 16.6 Å². The molecule has 0 aromatic heterocycles. The molecule has 2 nitrogen and oxygen atoms in total. The van der Waals surface area contributed by atoms with E-state index in [-0.39, 0.29) is 0 Å². The standard InChI is InChI=1S/C10H18O2Si2/c1-13(2,11)9-6-5-7-10(8-9)14(3,4)12/h5-8,11-12H,1-4H3. The van der Waals surface area contributed by atoms with Crippen molar-refractivity contribution in [2.24, 2.45) is 0 Å². The Bertz CT molecular complexity index is 294. The van der Waals surface area contributed by atoms with Gasteiger partial charge in [-0.1, -0.05) is 24.3 Å². The van der Waals surface area contributed by atoms with E-state index in [1.807, 2.05) is 50.5 Å². The van der Waals surface area contributed by atoms with Gasteiger partial charge in [0.15, 0.2) is 0 Å². The lowest BCUT2D eigenvalue weighted by Gasteiger charge is -2.19. The molecule has 0 saturated carbocycles. The highest BCUT2D eigenvalue weighted by molar-refractivity contribution is 6.86. The van der Waals surface area contributed by atoms with Gasteiger partial charge in [-0.2, -0.15) is 0 Å². The molecule has 0 bridgehead atoms. The van der Waals surface area contributed by atoms with Crippen LogP contribution in [0, 0.1) is 0 Å². The molecule has 0 aliphatic carbocycles. The first-order chi connectivity index (χ1) is 6.21. The summed E-state index contributed by atoms with van der Waals surface area (Å²) in [6.07, 6.45) is 0. The SMILES string of the molecule is C[Si](C)(O)c1cccc([Si](C)(C)O)c1. The molecule has 1 aromatic rings. The summed E-state index contributed by atoms with van der Waals surface area (Å²) in [5.41, 5.74) is 0. The van der Waals surface area contributed by atoms with Crippen molar-refractivity contribution in [2.75, 3.05) is 0 Å². The van der Waals surface area contributed by atoms with Crippen LogP contribution in [0.1, 0.15) is 0 Å². The number of hydrogen-bond donors (Lipinski definition) is 2. The van der Waals surface area contributed by atoms with Crippen molar-refractivity contribution in [3.05, 3.63) is 24.3 Å². The van der Waals surface area contributed by atoms with Crippen molar-refractivity contribution in [1.29, 1.82) is 0 Å². The van der Waals surface area contributed by atoms with E-state index in [1.165, 1.54) is 0 Å². The average molecular weight is 226 g/mol. The molecule has 0 heterocycles. The zero-order valence-electron chi connectivity index (χ0n) is 9.20. The number of rotatable bonds is 2. The fraction of sp³-hybridized carbons (Fsp3) is 0.400. The molecule has 0 saturated heterocycles. The van der Waals surface area contributed by atoms with Crippen LogP contribution in [-0.2, 0) is 0 Å². The van der Waals surface area contributed by atoms with Crippen LogP contribution >= 0.6 is 0 Å². The lowest BCUT2D eigenvalue weighted by Crippen LogP contribution is -2.48. The molecule has 0 aliphatic heterocycles. The predicted molar refractivity (Wildman–Crippen MR) is 65.1 cm³/mol. The topological polar surface area (TPSA) is 40.5 Å². The van der Waals surface area contributed by atoms with E-state index in [1.54, 1.807) is 0 Å². The van der Waals surface area contributed by atoms with Crippen LogP contribution in [0.2, 0.25) is 26.2 Å². The molecule has 0 fully saturated rings. The largest absolute Gasteiger partial charge is 0.428 e. The lowest BCUT2D eigenvalue weighted by atomic mass is 10.4. The summed E-state index contributed by atoms with van der Waals surface area (Å²) in [6, 6.07) is 7.75. The Kier molecular flexibility index (Phi) is 3.01. The molecule has 0 atom stereocenters. The maximum atomic E-state index is 9.95. The van der Waals surface area contributed by atoms with Crippen LogP contribution in [0.3, 0.4) is 0 Å². The van der Waals surface area contributed by atoms with Crippen LogP contribution in [-0.4, -0.2) is 26.2 Å². The Hall–Kier alpha value is -0.426. The monoisotopic (exact) mass is 226 g/mol. The molecule has 0 aliphatic rings. The van der Waals surface area contributed by atoms with E-state index in [9.17, 15) is 9.59 Å². The van der Waals surface area contributed by atoms with E-state index in [0.717, 1.165) is 10.4 Å². The summed E-state index contributed by atoms with van der Waals surface area (Å²) in [4.78, 5) is 19.9. The van der Waals surface area contributed by atoms with E-state index in [0.29, 0.717) is 0 Å². The maximum Gasteiger partial charge on any atom is 0.213 e. The molecule has 4 heteroatoms. The summed E-state index contributed by atoms with van der Waals surface area (Å²) in [5.74, 6) is 0. The minimum atomic E-state index is -2.23. The van der Waals surface area contributed by atoms with Gasteiger partial charge in [0.05, 0.1) is 0 Å². The molecule has 14 heavy (non-hydrogen) atoms. The highest BCUT2D eigenvalue weighted by atomic mass is 28.4. The van der Waals surface area contributed by atoms with Crippen molar-refractivity contribution in [3.63, 3.8) is 0 Å². The molecule has 1 rings (SSSR count). The Labute approximate surface area is 87.5 Å². The summed E-state index contributed by atoms with van der Waals surface area (Å²) >= 11 is 0. The smallest absolute Gasteiger partial charge is 0.213 e. The molecule has 0 unspecified atom stereocenters. The summed E-state index contributed by atoms with van der Waals surface area (Å²) in [5, 5.41) is 1.98. The van der Waals surface area contributed by atoms with Crippen LogP contribution in [0.4, 0.5) is 0 Å². The highest BCUT2D eigenvalue weighted by Gasteiger charge is 2.24. The van der Waals surface area contributed by atoms with E-state index in [2.05, 4.69) is 0 Å². The van der Waals surface area contributed by atoms with Crippen LogP contribution in [0.25, 0.3) is 0 Å². The minimum Gasteiger partial charge on any atom is -0.428 e.